The summed E-state index contributed by atoms with van der Waals surface area (Å²) in [4.78, 5) is 25.1. The molecule has 1 amide bonds. The van der Waals surface area contributed by atoms with Crippen LogP contribution in [0.2, 0.25) is 0 Å². The first kappa shape index (κ1) is 17.8. The summed E-state index contributed by atoms with van der Waals surface area (Å²) in [6.45, 7) is 4.92. The molecule has 8 heteroatoms. The van der Waals surface area contributed by atoms with Crippen LogP contribution in [0, 0.1) is 11.8 Å². The molecule has 0 saturated heterocycles. The third kappa shape index (κ3) is 3.80. The molecule has 132 valence electrons. The highest BCUT2D eigenvalue weighted by atomic mass is 79.9. The van der Waals surface area contributed by atoms with Gasteiger partial charge < -0.3 is 15.8 Å². The molecule has 3 atom stereocenters. The van der Waals surface area contributed by atoms with Crippen LogP contribution in [0.3, 0.4) is 0 Å². The molecule has 1 aliphatic heterocycles. The monoisotopic (exact) mass is 405 g/mol. The summed E-state index contributed by atoms with van der Waals surface area (Å²) in [5.74, 6) is 0.368. The molecule has 2 heterocycles. The van der Waals surface area contributed by atoms with Crippen LogP contribution >= 0.6 is 15.9 Å². The quantitative estimate of drug-likeness (QED) is 0.797. The molecule has 3 unspecified atom stereocenters. The normalized spacial score (nSPS) is 28.9. The number of halogens is 1. The van der Waals surface area contributed by atoms with Gasteiger partial charge in [0.05, 0.1) is 16.6 Å². The molecular formula is C17H20BrN5O2. The summed E-state index contributed by atoms with van der Waals surface area (Å²) in [5.41, 5.74) is 6.20. The fourth-order valence-electron chi connectivity index (χ4n) is 3.23. The Balaban J connectivity index is 1.76. The van der Waals surface area contributed by atoms with Crippen LogP contribution in [0.15, 0.2) is 45.8 Å². The molecule has 2 aliphatic rings. The molecule has 1 aromatic heterocycles. The van der Waals surface area contributed by atoms with Gasteiger partial charge in [0.2, 0.25) is 5.82 Å². The predicted octanol–water partition coefficient (Wildman–Crippen LogP) is 1.82. The highest BCUT2D eigenvalue weighted by Gasteiger charge is 2.40. The highest BCUT2D eigenvalue weighted by molar-refractivity contribution is 9.10. The summed E-state index contributed by atoms with van der Waals surface area (Å²) < 4.78 is 6.30. The summed E-state index contributed by atoms with van der Waals surface area (Å²) >= 11 is 3.25. The van der Waals surface area contributed by atoms with Crippen LogP contribution in [0.25, 0.3) is 0 Å². The lowest BCUT2D eigenvalue weighted by Crippen LogP contribution is -2.48. The van der Waals surface area contributed by atoms with Gasteiger partial charge >= 0.3 is 0 Å². The molecule has 0 bridgehead atoms. The first-order valence-electron chi connectivity index (χ1n) is 7.98. The van der Waals surface area contributed by atoms with Gasteiger partial charge in [0.25, 0.3) is 5.91 Å². The Morgan fingerprint density at radius 1 is 1.44 bits per heavy atom. The molecule has 0 aromatic carbocycles. The average molecular weight is 406 g/mol. The van der Waals surface area contributed by atoms with E-state index in [1.807, 2.05) is 26.0 Å². The average Bonchev–Trinajstić information content (AvgIpc) is 2.57. The van der Waals surface area contributed by atoms with E-state index >= 15 is 0 Å². The lowest BCUT2D eigenvalue weighted by molar-refractivity contribution is 0.0752. The fourth-order valence-corrected chi connectivity index (χ4v) is 3.44. The number of carbonyl (C=O) groups is 1. The number of allylic oxidation sites excluding steroid dienone is 3. The summed E-state index contributed by atoms with van der Waals surface area (Å²) in [6.07, 6.45) is 8.98. The van der Waals surface area contributed by atoms with Crippen LogP contribution in [0.4, 0.5) is 0 Å². The van der Waals surface area contributed by atoms with Crippen molar-refractivity contribution in [2.45, 2.75) is 19.4 Å². The van der Waals surface area contributed by atoms with Gasteiger partial charge in [-0.2, -0.15) is 0 Å². The number of amidine groups is 1. The van der Waals surface area contributed by atoms with Crippen molar-refractivity contribution in [1.29, 1.82) is 0 Å². The summed E-state index contributed by atoms with van der Waals surface area (Å²) in [6, 6.07) is 0. The molecule has 3 N–H and O–H groups in total. The van der Waals surface area contributed by atoms with E-state index in [-0.39, 0.29) is 23.6 Å². The smallest absolute Gasteiger partial charge is 0.293 e. The standard InChI is InChI=1S/C17H20BrN5O2/c1-10-12(17(2)9-25-8-14(19)23-17)4-3-5-13(10)22-16(24)15-20-6-11(18)7-21-15/h3-7,10,12H,8-9H2,1-2H3,(H2,19,23)(H,22,24). The minimum Gasteiger partial charge on any atom is -0.386 e. The van der Waals surface area contributed by atoms with E-state index < -0.39 is 5.54 Å². The van der Waals surface area contributed by atoms with E-state index in [9.17, 15) is 4.79 Å². The number of ether oxygens (including phenoxy) is 1. The minimum absolute atomic E-state index is 0.0349. The van der Waals surface area contributed by atoms with Gasteiger partial charge in [-0.05, 0) is 28.9 Å². The molecular weight excluding hydrogens is 386 g/mol. The number of rotatable bonds is 3. The topological polar surface area (TPSA) is 102 Å². The number of aliphatic imine (C=N–C) groups is 1. The van der Waals surface area contributed by atoms with Crippen molar-refractivity contribution in [2.24, 2.45) is 22.6 Å². The fraction of sp³-hybridized carbons (Fsp3) is 0.412. The second-order valence-electron chi connectivity index (χ2n) is 6.45. The second kappa shape index (κ2) is 7.05. The van der Waals surface area contributed by atoms with Crippen LogP contribution < -0.4 is 11.1 Å². The third-order valence-electron chi connectivity index (χ3n) is 4.47. The summed E-state index contributed by atoms with van der Waals surface area (Å²) in [5, 5.41) is 2.91. The van der Waals surface area contributed by atoms with Crippen molar-refractivity contribution in [1.82, 2.24) is 15.3 Å². The zero-order chi connectivity index (χ0) is 18.0. The van der Waals surface area contributed by atoms with E-state index in [0.29, 0.717) is 19.0 Å². The van der Waals surface area contributed by atoms with Gasteiger partial charge in [-0.3, -0.25) is 9.79 Å². The number of nitrogens with zero attached hydrogens (tertiary/aromatic N) is 3. The molecule has 0 spiro atoms. The zero-order valence-corrected chi connectivity index (χ0v) is 15.7. The van der Waals surface area contributed by atoms with E-state index in [2.05, 4.69) is 42.3 Å². The van der Waals surface area contributed by atoms with Crippen LogP contribution in [-0.2, 0) is 4.74 Å². The van der Waals surface area contributed by atoms with Gasteiger partial charge in [0.15, 0.2) is 0 Å². The second-order valence-corrected chi connectivity index (χ2v) is 7.37. The Bertz CT molecular complexity index is 759. The van der Waals surface area contributed by atoms with Gasteiger partial charge in [-0.25, -0.2) is 9.97 Å². The van der Waals surface area contributed by atoms with Crippen molar-refractivity contribution in [3.05, 3.63) is 46.6 Å². The number of aromatic nitrogens is 2. The largest absolute Gasteiger partial charge is 0.386 e. The van der Waals surface area contributed by atoms with Gasteiger partial charge in [-0.1, -0.05) is 19.1 Å². The Kier molecular flexibility index (Phi) is 5.01. The number of hydrogen-bond acceptors (Lipinski definition) is 6. The van der Waals surface area contributed by atoms with Gasteiger partial charge in [-0.15, -0.1) is 0 Å². The molecule has 7 nitrogen and oxygen atoms in total. The Hall–Kier alpha value is -2.06. The highest BCUT2D eigenvalue weighted by Crippen LogP contribution is 2.37. The zero-order valence-electron chi connectivity index (χ0n) is 14.1. The molecule has 1 aliphatic carbocycles. The summed E-state index contributed by atoms with van der Waals surface area (Å²) in [7, 11) is 0. The van der Waals surface area contributed by atoms with E-state index in [4.69, 9.17) is 10.5 Å². The molecule has 0 radical (unpaired) electrons. The van der Waals surface area contributed by atoms with Gasteiger partial charge in [0.1, 0.15) is 12.4 Å². The van der Waals surface area contributed by atoms with Crippen LogP contribution in [0.1, 0.15) is 24.5 Å². The maximum absolute atomic E-state index is 12.4. The Morgan fingerprint density at radius 2 is 2.16 bits per heavy atom. The molecule has 3 rings (SSSR count). The number of nitrogens with one attached hydrogen (secondary N) is 1. The number of carbonyl (C=O) groups excluding carboxylic acids is 1. The third-order valence-corrected chi connectivity index (χ3v) is 4.88. The van der Waals surface area contributed by atoms with Gasteiger partial charge in [0, 0.05) is 29.9 Å². The number of hydrogen-bond donors (Lipinski definition) is 2. The van der Waals surface area contributed by atoms with Crippen molar-refractivity contribution in [3.63, 3.8) is 0 Å². The lowest BCUT2D eigenvalue weighted by Gasteiger charge is -2.40. The lowest BCUT2D eigenvalue weighted by atomic mass is 9.74. The van der Waals surface area contributed by atoms with Crippen molar-refractivity contribution < 1.29 is 9.53 Å². The molecule has 1 aromatic rings. The molecule has 25 heavy (non-hydrogen) atoms. The maximum Gasteiger partial charge on any atom is 0.293 e. The molecule has 0 fully saturated rings. The minimum atomic E-state index is -0.462. The SMILES string of the molecule is CC1C(NC(=O)c2ncc(Br)cn2)=CC=CC1C1(C)COCC(N)=N1. The number of nitrogens with two attached hydrogens (primary N) is 1. The maximum atomic E-state index is 12.4. The van der Waals surface area contributed by atoms with E-state index in [1.54, 1.807) is 12.4 Å². The van der Waals surface area contributed by atoms with Crippen molar-refractivity contribution >= 4 is 27.7 Å². The van der Waals surface area contributed by atoms with E-state index in [0.717, 1.165) is 10.2 Å². The molecule has 0 saturated carbocycles. The first-order valence-corrected chi connectivity index (χ1v) is 8.77. The Morgan fingerprint density at radius 3 is 2.84 bits per heavy atom. The van der Waals surface area contributed by atoms with E-state index in [1.165, 1.54) is 0 Å². The van der Waals surface area contributed by atoms with Crippen molar-refractivity contribution in [2.75, 3.05) is 13.2 Å². The van der Waals surface area contributed by atoms with Crippen LogP contribution in [0.5, 0.6) is 0 Å². The first-order chi connectivity index (χ1) is 11.9. The predicted molar refractivity (Wildman–Crippen MR) is 97.9 cm³/mol. The number of amides is 1. The van der Waals surface area contributed by atoms with Crippen LogP contribution in [-0.4, -0.2) is 40.5 Å². The van der Waals surface area contributed by atoms with Crippen molar-refractivity contribution in [3.8, 4) is 0 Å². The Labute approximate surface area is 154 Å².